The first-order valence-corrected chi connectivity index (χ1v) is 8.22. The van der Waals surface area contributed by atoms with Crippen molar-refractivity contribution in [2.24, 2.45) is 0 Å². The zero-order valence-electron chi connectivity index (χ0n) is 14.0. The minimum absolute atomic E-state index is 0.0184. The van der Waals surface area contributed by atoms with Crippen LogP contribution in [-0.2, 0) is 11.2 Å². The van der Waals surface area contributed by atoms with Gasteiger partial charge in [-0.25, -0.2) is 0 Å². The van der Waals surface area contributed by atoms with E-state index in [2.05, 4.69) is 26.0 Å². The first-order chi connectivity index (χ1) is 11.1. The molecule has 3 heteroatoms. The number of benzene rings is 2. The summed E-state index contributed by atoms with van der Waals surface area (Å²) in [6, 6.07) is 16.1. The van der Waals surface area contributed by atoms with Gasteiger partial charge in [0.1, 0.15) is 5.75 Å². The molecule has 1 aliphatic heterocycles. The second kappa shape index (κ2) is 6.45. The van der Waals surface area contributed by atoms with Gasteiger partial charge in [0.05, 0.1) is 0 Å². The summed E-state index contributed by atoms with van der Waals surface area (Å²) < 4.78 is 5.90. The summed E-state index contributed by atoms with van der Waals surface area (Å²) in [6.45, 7) is 6.85. The fraction of sp³-hybridized carbons (Fsp3) is 0.350. The van der Waals surface area contributed by atoms with E-state index in [1.54, 1.807) is 0 Å². The van der Waals surface area contributed by atoms with Gasteiger partial charge < -0.3 is 9.64 Å². The molecule has 0 fully saturated rings. The van der Waals surface area contributed by atoms with E-state index in [-0.39, 0.29) is 5.91 Å². The van der Waals surface area contributed by atoms with Crippen LogP contribution in [0.2, 0.25) is 0 Å². The fourth-order valence-corrected chi connectivity index (χ4v) is 2.99. The smallest absolute Gasteiger partial charge is 0.267 e. The maximum atomic E-state index is 12.7. The quantitative estimate of drug-likeness (QED) is 0.848. The molecule has 0 bridgehead atoms. The molecular weight excluding hydrogens is 286 g/mol. The van der Waals surface area contributed by atoms with Gasteiger partial charge in [-0.15, -0.1) is 0 Å². The topological polar surface area (TPSA) is 29.5 Å². The van der Waals surface area contributed by atoms with E-state index in [0.29, 0.717) is 5.92 Å². The number of hydrogen-bond donors (Lipinski definition) is 0. The van der Waals surface area contributed by atoms with Gasteiger partial charge in [0.15, 0.2) is 6.10 Å². The predicted molar refractivity (Wildman–Crippen MR) is 93.1 cm³/mol. The van der Waals surface area contributed by atoms with Crippen molar-refractivity contribution in [2.75, 3.05) is 11.4 Å². The minimum Gasteiger partial charge on any atom is -0.481 e. The van der Waals surface area contributed by atoms with E-state index in [0.717, 1.165) is 24.4 Å². The predicted octanol–water partition coefficient (Wildman–Crippen LogP) is 4.17. The number of carbonyl (C=O) groups is 1. The molecule has 1 aliphatic rings. The molecule has 1 atom stereocenters. The Morgan fingerprint density at radius 3 is 2.65 bits per heavy atom. The lowest BCUT2D eigenvalue weighted by Gasteiger charge is -2.22. The number of carbonyl (C=O) groups excluding carboxylic acids is 1. The molecule has 0 N–H and O–H groups in total. The molecule has 1 amide bonds. The Balaban J connectivity index is 1.73. The highest BCUT2D eigenvalue weighted by Crippen LogP contribution is 2.28. The van der Waals surface area contributed by atoms with Gasteiger partial charge in [-0.3, -0.25) is 4.79 Å². The molecule has 23 heavy (non-hydrogen) atoms. The van der Waals surface area contributed by atoms with Gasteiger partial charge in [0.25, 0.3) is 5.91 Å². The van der Waals surface area contributed by atoms with E-state index in [1.807, 2.05) is 48.2 Å². The molecule has 3 nitrogen and oxygen atoms in total. The molecule has 0 aliphatic carbocycles. The van der Waals surface area contributed by atoms with Crippen molar-refractivity contribution in [3.8, 4) is 5.75 Å². The van der Waals surface area contributed by atoms with Crippen LogP contribution in [0.5, 0.6) is 5.75 Å². The average Bonchev–Trinajstić information content (AvgIpc) is 2.98. The van der Waals surface area contributed by atoms with Gasteiger partial charge >= 0.3 is 0 Å². The number of nitrogens with zero attached hydrogens (tertiary/aromatic N) is 1. The van der Waals surface area contributed by atoms with Crippen molar-refractivity contribution in [3.63, 3.8) is 0 Å². The normalized spacial score (nSPS) is 14.7. The van der Waals surface area contributed by atoms with E-state index in [4.69, 9.17) is 4.74 Å². The first-order valence-electron chi connectivity index (χ1n) is 8.22. The molecule has 0 radical (unpaired) electrons. The zero-order chi connectivity index (χ0) is 16.4. The number of fused-ring (bicyclic) bond motifs is 1. The Hall–Kier alpha value is -2.29. The van der Waals surface area contributed by atoms with Crippen LogP contribution in [0.15, 0.2) is 48.5 Å². The number of para-hydroxylation sites is 1. The monoisotopic (exact) mass is 309 g/mol. The maximum absolute atomic E-state index is 12.7. The van der Waals surface area contributed by atoms with Gasteiger partial charge in [0, 0.05) is 12.2 Å². The highest BCUT2D eigenvalue weighted by Gasteiger charge is 2.28. The van der Waals surface area contributed by atoms with Gasteiger partial charge in [0.2, 0.25) is 0 Å². The second-order valence-corrected chi connectivity index (χ2v) is 6.36. The molecule has 1 heterocycles. The number of amides is 1. The molecule has 2 aromatic rings. The molecule has 0 spiro atoms. The number of ether oxygens (including phenoxy) is 1. The standard InChI is InChI=1S/C20H23NO2/c1-14(2)17-8-6-9-18(13-17)23-15(3)20(22)21-12-11-16-7-4-5-10-19(16)21/h4-10,13-15H,11-12H2,1-3H3. The van der Waals surface area contributed by atoms with Crippen molar-refractivity contribution in [3.05, 3.63) is 59.7 Å². The molecule has 0 saturated heterocycles. The molecule has 1 unspecified atom stereocenters. The number of hydrogen-bond acceptors (Lipinski definition) is 2. The molecule has 2 aromatic carbocycles. The Morgan fingerprint density at radius 2 is 1.87 bits per heavy atom. The fourth-order valence-electron chi connectivity index (χ4n) is 2.99. The SMILES string of the molecule is CC(Oc1cccc(C(C)C)c1)C(=O)N1CCc2ccccc21. The van der Waals surface area contributed by atoms with Crippen LogP contribution in [0, 0.1) is 0 Å². The van der Waals surface area contributed by atoms with Crippen molar-refractivity contribution in [1.82, 2.24) is 0 Å². The molecule has 120 valence electrons. The van der Waals surface area contributed by atoms with Crippen molar-refractivity contribution in [1.29, 1.82) is 0 Å². The van der Waals surface area contributed by atoms with Crippen LogP contribution in [0.25, 0.3) is 0 Å². The number of rotatable bonds is 4. The van der Waals surface area contributed by atoms with Crippen LogP contribution in [-0.4, -0.2) is 18.6 Å². The van der Waals surface area contributed by atoms with Crippen LogP contribution < -0.4 is 9.64 Å². The summed E-state index contributed by atoms with van der Waals surface area (Å²) in [4.78, 5) is 14.6. The highest BCUT2D eigenvalue weighted by molar-refractivity contribution is 5.98. The summed E-state index contributed by atoms with van der Waals surface area (Å²) in [7, 11) is 0. The number of anilines is 1. The Labute approximate surface area is 137 Å². The summed E-state index contributed by atoms with van der Waals surface area (Å²) in [5, 5.41) is 0. The van der Waals surface area contributed by atoms with Gasteiger partial charge in [-0.2, -0.15) is 0 Å². The van der Waals surface area contributed by atoms with E-state index in [9.17, 15) is 4.79 Å². The lowest BCUT2D eigenvalue weighted by molar-refractivity contribution is -0.124. The summed E-state index contributed by atoms with van der Waals surface area (Å²) in [5.74, 6) is 1.21. The largest absolute Gasteiger partial charge is 0.481 e. The molecule has 0 aromatic heterocycles. The minimum atomic E-state index is -0.497. The average molecular weight is 309 g/mol. The van der Waals surface area contributed by atoms with Crippen LogP contribution in [0.3, 0.4) is 0 Å². The van der Waals surface area contributed by atoms with E-state index < -0.39 is 6.10 Å². The Kier molecular flexibility index (Phi) is 4.37. The zero-order valence-corrected chi connectivity index (χ0v) is 14.0. The van der Waals surface area contributed by atoms with E-state index in [1.165, 1.54) is 11.1 Å². The second-order valence-electron chi connectivity index (χ2n) is 6.36. The maximum Gasteiger partial charge on any atom is 0.267 e. The van der Waals surface area contributed by atoms with Gasteiger partial charge in [-0.05, 0) is 48.6 Å². The molecular formula is C20H23NO2. The van der Waals surface area contributed by atoms with Crippen molar-refractivity contribution < 1.29 is 9.53 Å². The summed E-state index contributed by atoms with van der Waals surface area (Å²) in [5.41, 5.74) is 3.47. The van der Waals surface area contributed by atoms with Crippen LogP contribution in [0.4, 0.5) is 5.69 Å². The Bertz CT molecular complexity index is 708. The van der Waals surface area contributed by atoms with Crippen molar-refractivity contribution >= 4 is 11.6 Å². The first kappa shape index (κ1) is 15.6. The van der Waals surface area contributed by atoms with Gasteiger partial charge in [-0.1, -0.05) is 44.2 Å². The van der Waals surface area contributed by atoms with Crippen LogP contribution in [0.1, 0.15) is 37.8 Å². The lowest BCUT2D eigenvalue weighted by Crippen LogP contribution is -2.39. The molecule has 3 rings (SSSR count). The summed E-state index contributed by atoms with van der Waals surface area (Å²) >= 11 is 0. The third-order valence-electron chi connectivity index (χ3n) is 4.34. The Morgan fingerprint density at radius 1 is 1.09 bits per heavy atom. The van der Waals surface area contributed by atoms with E-state index >= 15 is 0 Å². The van der Waals surface area contributed by atoms with Crippen LogP contribution >= 0.6 is 0 Å². The molecule has 0 saturated carbocycles. The third kappa shape index (κ3) is 3.24. The lowest BCUT2D eigenvalue weighted by atomic mass is 10.0. The highest BCUT2D eigenvalue weighted by atomic mass is 16.5. The third-order valence-corrected chi connectivity index (χ3v) is 4.34. The summed E-state index contributed by atoms with van der Waals surface area (Å²) in [6.07, 6.45) is 0.417. The van der Waals surface area contributed by atoms with Crippen molar-refractivity contribution in [2.45, 2.75) is 39.2 Å².